The highest BCUT2D eigenvalue weighted by Crippen LogP contribution is 2.37. The number of halogens is 1. The number of hydrogen-bond donors (Lipinski definition) is 2. The molecule has 1 spiro atoms. The fourth-order valence-electron chi connectivity index (χ4n) is 4.07. The lowest BCUT2D eigenvalue weighted by Gasteiger charge is -2.39. The van der Waals surface area contributed by atoms with Crippen LogP contribution in [-0.2, 0) is 0 Å². The van der Waals surface area contributed by atoms with Crippen molar-refractivity contribution in [3.63, 3.8) is 0 Å². The van der Waals surface area contributed by atoms with Crippen LogP contribution in [0.25, 0.3) is 0 Å². The van der Waals surface area contributed by atoms with E-state index in [9.17, 15) is 9.59 Å². The third-order valence-corrected chi connectivity index (χ3v) is 5.92. The Hall–Kier alpha value is -2.31. The third kappa shape index (κ3) is 4.08. The highest BCUT2D eigenvalue weighted by molar-refractivity contribution is 6.04. The molecule has 2 aromatic rings. The first kappa shape index (κ1) is 20.4. The van der Waals surface area contributed by atoms with Crippen LogP contribution in [0.1, 0.15) is 45.7 Å². The number of nitrogens with zero attached hydrogens (tertiary/aromatic N) is 1. The monoisotopic (exact) mass is 403 g/mol. The van der Waals surface area contributed by atoms with Gasteiger partial charge in [-0.05, 0) is 68.0 Å². The Morgan fingerprint density at radius 2 is 1.96 bits per heavy atom. The molecule has 2 N–H and O–H groups in total. The van der Waals surface area contributed by atoms with E-state index in [2.05, 4.69) is 10.6 Å². The van der Waals surface area contributed by atoms with E-state index in [0.717, 1.165) is 44.6 Å². The summed E-state index contributed by atoms with van der Waals surface area (Å²) in [4.78, 5) is 27.1. The molecule has 0 saturated carbocycles. The third-order valence-electron chi connectivity index (χ3n) is 5.92. The Morgan fingerprint density at radius 1 is 1.18 bits per heavy atom. The number of anilines is 1. The molecule has 0 atom stereocenters. The first-order valence-electron chi connectivity index (χ1n) is 9.52. The fraction of sp³-hybridized carbons (Fsp3) is 0.429. The first-order valence-corrected chi connectivity index (χ1v) is 9.52. The molecule has 0 bridgehead atoms. The molecule has 7 heteroatoms. The number of amides is 2. The Bertz CT molecular complexity index is 835. The number of piperidine rings is 1. The van der Waals surface area contributed by atoms with Crippen molar-refractivity contribution in [3.05, 3.63) is 53.5 Å². The van der Waals surface area contributed by atoms with Gasteiger partial charge in [0.2, 0.25) is 0 Å². The number of hydrogen-bond acceptors (Lipinski definition) is 4. The molecular formula is C21H26ClN3O3. The second-order valence-electron chi connectivity index (χ2n) is 7.68. The van der Waals surface area contributed by atoms with Crippen LogP contribution in [0.4, 0.5) is 5.69 Å². The molecular weight excluding hydrogens is 378 g/mol. The number of carbonyl (C=O) groups excluding carboxylic acids is 2. The van der Waals surface area contributed by atoms with Crippen molar-refractivity contribution in [1.29, 1.82) is 0 Å². The van der Waals surface area contributed by atoms with Crippen LogP contribution in [0.5, 0.6) is 0 Å². The second kappa shape index (κ2) is 8.37. The highest BCUT2D eigenvalue weighted by atomic mass is 35.5. The van der Waals surface area contributed by atoms with Crippen LogP contribution in [-0.4, -0.2) is 42.9 Å². The maximum Gasteiger partial charge on any atom is 0.291 e. The number of nitrogens with one attached hydrogen (secondary N) is 2. The summed E-state index contributed by atoms with van der Waals surface area (Å²) < 4.78 is 5.13. The minimum Gasteiger partial charge on any atom is -0.459 e. The van der Waals surface area contributed by atoms with Crippen molar-refractivity contribution < 1.29 is 14.0 Å². The zero-order valence-corrected chi connectivity index (χ0v) is 16.8. The van der Waals surface area contributed by atoms with Crippen LogP contribution >= 0.6 is 12.4 Å². The van der Waals surface area contributed by atoms with Crippen LogP contribution in [0.3, 0.4) is 0 Å². The summed E-state index contributed by atoms with van der Waals surface area (Å²) in [5.74, 6) is -0.0386. The highest BCUT2D eigenvalue weighted by Gasteiger charge is 2.38. The van der Waals surface area contributed by atoms with Gasteiger partial charge in [0.05, 0.1) is 6.26 Å². The quantitative estimate of drug-likeness (QED) is 0.822. The predicted octanol–water partition coefficient (Wildman–Crippen LogP) is 3.48. The molecule has 0 unspecified atom stereocenters. The molecule has 150 valence electrons. The van der Waals surface area contributed by atoms with E-state index in [1.165, 1.54) is 12.7 Å². The average Bonchev–Trinajstić information content (AvgIpc) is 3.36. The molecule has 0 aliphatic carbocycles. The minimum atomic E-state index is -0.318. The lowest BCUT2D eigenvalue weighted by molar-refractivity contribution is 0.0607. The van der Waals surface area contributed by atoms with Gasteiger partial charge in [0.15, 0.2) is 5.76 Å². The summed E-state index contributed by atoms with van der Waals surface area (Å²) in [7, 11) is 0. The van der Waals surface area contributed by atoms with E-state index in [-0.39, 0.29) is 30.0 Å². The molecule has 2 saturated heterocycles. The van der Waals surface area contributed by atoms with Crippen LogP contribution < -0.4 is 10.6 Å². The van der Waals surface area contributed by atoms with Gasteiger partial charge in [0, 0.05) is 30.9 Å². The van der Waals surface area contributed by atoms with Crippen molar-refractivity contribution in [2.45, 2.75) is 26.2 Å². The molecule has 2 aliphatic heterocycles. The molecule has 28 heavy (non-hydrogen) atoms. The summed E-state index contributed by atoms with van der Waals surface area (Å²) in [6.07, 6.45) is 4.78. The van der Waals surface area contributed by atoms with E-state index >= 15 is 0 Å². The van der Waals surface area contributed by atoms with Crippen molar-refractivity contribution in [2.75, 3.05) is 31.5 Å². The van der Waals surface area contributed by atoms with E-state index in [4.69, 9.17) is 4.42 Å². The van der Waals surface area contributed by atoms with Crippen molar-refractivity contribution in [3.8, 4) is 0 Å². The maximum atomic E-state index is 13.0. The summed E-state index contributed by atoms with van der Waals surface area (Å²) >= 11 is 0. The van der Waals surface area contributed by atoms with Crippen LogP contribution in [0, 0.1) is 12.3 Å². The predicted molar refractivity (Wildman–Crippen MR) is 110 cm³/mol. The Labute approximate surface area is 171 Å². The zero-order chi connectivity index (χ0) is 18.9. The molecule has 2 aliphatic rings. The Balaban J connectivity index is 0.00000225. The lowest BCUT2D eigenvalue weighted by atomic mass is 9.78. The summed E-state index contributed by atoms with van der Waals surface area (Å²) in [5, 5.41) is 6.29. The molecule has 2 amide bonds. The number of likely N-dealkylation sites (tertiary alicyclic amines) is 1. The molecule has 3 heterocycles. The standard InChI is InChI=1S/C21H25N3O3.ClH/c1-15-4-5-16(13-17(15)23-19(25)18-3-2-12-27-18)20(26)24-10-7-21(8-11-24)6-9-22-14-21;/h2-5,12-13,22H,6-11,14H2,1H3,(H,23,25);1H. The number of aryl methyl sites for hydroxylation is 1. The number of carbonyl (C=O) groups is 2. The van der Waals surface area contributed by atoms with Gasteiger partial charge in [-0.1, -0.05) is 6.07 Å². The molecule has 4 rings (SSSR count). The normalized spacial score (nSPS) is 18.0. The summed E-state index contributed by atoms with van der Waals surface area (Å²) in [6, 6.07) is 8.75. The number of rotatable bonds is 3. The van der Waals surface area contributed by atoms with Gasteiger partial charge in [-0.25, -0.2) is 0 Å². The topological polar surface area (TPSA) is 74.6 Å². The average molecular weight is 404 g/mol. The second-order valence-corrected chi connectivity index (χ2v) is 7.68. The molecule has 6 nitrogen and oxygen atoms in total. The molecule has 1 aromatic carbocycles. The smallest absolute Gasteiger partial charge is 0.291 e. The minimum absolute atomic E-state index is 0. The lowest BCUT2D eigenvalue weighted by Crippen LogP contribution is -2.44. The van der Waals surface area contributed by atoms with Crippen LogP contribution in [0.15, 0.2) is 41.0 Å². The number of benzene rings is 1. The largest absolute Gasteiger partial charge is 0.459 e. The number of furan rings is 1. The van der Waals surface area contributed by atoms with E-state index in [1.807, 2.05) is 24.0 Å². The van der Waals surface area contributed by atoms with Crippen LogP contribution in [0.2, 0.25) is 0 Å². The van der Waals surface area contributed by atoms with Gasteiger partial charge in [-0.2, -0.15) is 0 Å². The molecule has 0 radical (unpaired) electrons. The van der Waals surface area contributed by atoms with Crippen molar-refractivity contribution in [2.24, 2.45) is 5.41 Å². The zero-order valence-electron chi connectivity index (χ0n) is 16.0. The summed E-state index contributed by atoms with van der Waals surface area (Å²) in [5.41, 5.74) is 2.53. The maximum absolute atomic E-state index is 13.0. The summed E-state index contributed by atoms with van der Waals surface area (Å²) in [6.45, 7) is 5.65. The van der Waals surface area contributed by atoms with Crippen molar-refractivity contribution >= 4 is 29.9 Å². The first-order chi connectivity index (χ1) is 13.1. The van der Waals surface area contributed by atoms with E-state index in [1.54, 1.807) is 18.2 Å². The Morgan fingerprint density at radius 3 is 2.61 bits per heavy atom. The molecule has 2 fully saturated rings. The van der Waals surface area contributed by atoms with Gasteiger partial charge >= 0.3 is 0 Å². The van der Waals surface area contributed by atoms with Gasteiger partial charge in [0.1, 0.15) is 0 Å². The van der Waals surface area contributed by atoms with E-state index < -0.39 is 0 Å². The van der Waals surface area contributed by atoms with Gasteiger partial charge in [-0.15, -0.1) is 12.4 Å². The molecule has 1 aromatic heterocycles. The van der Waals surface area contributed by atoms with Gasteiger partial charge < -0.3 is 20.0 Å². The van der Waals surface area contributed by atoms with Gasteiger partial charge in [-0.3, -0.25) is 9.59 Å². The SMILES string of the molecule is Cc1ccc(C(=O)N2CCC3(CCNC3)CC2)cc1NC(=O)c1ccco1.Cl. The Kier molecular flexibility index (Phi) is 6.10. The fourth-order valence-corrected chi connectivity index (χ4v) is 4.07. The van der Waals surface area contributed by atoms with Gasteiger partial charge in [0.25, 0.3) is 11.8 Å². The van der Waals surface area contributed by atoms with E-state index in [0.29, 0.717) is 16.7 Å². The van der Waals surface area contributed by atoms with Crippen molar-refractivity contribution in [1.82, 2.24) is 10.2 Å².